The number of carbonyl (C=O) groups excluding carboxylic acids is 6. The number of carbonyl (C=O) groups is 6. The summed E-state index contributed by atoms with van der Waals surface area (Å²) in [6.07, 6.45) is -7.80. The van der Waals surface area contributed by atoms with E-state index in [-0.39, 0.29) is 30.8 Å². The van der Waals surface area contributed by atoms with Gasteiger partial charge in [0.25, 0.3) is 0 Å². The minimum Gasteiger partial charge on any atom is -0.508 e. The zero-order valence-electron chi connectivity index (χ0n) is 37.9. The molecule has 2 heterocycles. The van der Waals surface area contributed by atoms with Crippen LogP contribution >= 0.6 is 0 Å². The van der Waals surface area contributed by atoms with Gasteiger partial charge in [-0.1, -0.05) is 36.4 Å². The lowest BCUT2D eigenvalue weighted by molar-refractivity contribution is -0.277. The van der Waals surface area contributed by atoms with Crippen molar-refractivity contribution in [3.8, 4) is 17.2 Å². The third kappa shape index (κ3) is 12.1. The quantitative estimate of drug-likeness (QED) is 0.116. The highest BCUT2D eigenvalue weighted by Crippen LogP contribution is 2.26. The van der Waals surface area contributed by atoms with Crippen LogP contribution in [-0.2, 0) is 52.8 Å². The van der Waals surface area contributed by atoms with Gasteiger partial charge >= 0.3 is 0 Å². The largest absolute Gasteiger partial charge is 0.508 e. The normalized spacial score (nSPS) is 28.8. The van der Waals surface area contributed by atoms with Crippen LogP contribution in [-0.4, -0.2) is 177 Å². The Balaban J connectivity index is 1.49. The fourth-order valence-corrected chi connectivity index (χ4v) is 7.72. The molecule has 0 saturated carbocycles. The van der Waals surface area contributed by atoms with Crippen molar-refractivity contribution >= 4 is 35.4 Å². The number of nitrogens with zero attached hydrogens (tertiary/aromatic N) is 3. The van der Waals surface area contributed by atoms with Crippen molar-refractivity contribution in [3.63, 3.8) is 0 Å². The molecule has 3 aromatic rings. The van der Waals surface area contributed by atoms with Crippen molar-refractivity contribution in [2.45, 2.75) is 107 Å². The third-order valence-electron chi connectivity index (χ3n) is 12.0. The summed E-state index contributed by atoms with van der Waals surface area (Å²) in [7, 11) is 5.68. The minimum absolute atomic E-state index is 0.0179. The first-order valence-electron chi connectivity index (χ1n) is 21.4. The Hall–Kier alpha value is -6.32. The first kappa shape index (κ1) is 50.7. The first-order chi connectivity index (χ1) is 31.2. The highest BCUT2D eigenvalue weighted by atomic mass is 16.7. The summed E-state index contributed by atoms with van der Waals surface area (Å²) >= 11 is 0. The number of amides is 6. The number of hydrogen-bond donors (Lipinski definition) is 8. The molecule has 0 aliphatic carbocycles. The second-order valence-electron chi connectivity index (χ2n) is 16.7. The molecule has 20 heteroatoms. The lowest BCUT2D eigenvalue weighted by Crippen LogP contribution is -2.61. The Kier molecular flexibility index (Phi) is 17.1. The molecular weight excluding hydrogens is 861 g/mol. The predicted molar refractivity (Wildman–Crippen MR) is 236 cm³/mol. The van der Waals surface area contributed by atoms with Crippen LogP contribution in [0.3, 0.4) is 0 Å². The van der Waals surface area contributed by atoms with E-state index in [4.69, 9.17) is 14.2 Å². The molecule has 0 bridgehead atoms. The molecule has 2 saturated heterocycles. The molecular formula is C46H60N6O14. The van der Waals surface area contributed by atoms with Crippen molar-refractivity contribution in [1.82, 2.24) is 30.7 Å². The number of benzene rings is 3. The highest BCUT2D eigenvalue weighted by Gasteiger charge is 2.45. The summed E-state index contributed by atoms with van der Waals surface area (Å²) in [5.41, 5.74) is 1.70. The Bertz CT molecular complexity index is 2180. The topological polar surface area (TPSA) is 277 Å². The number of rotatable bonds is 10. The second-order valence-corrected chi connectivity index (χ2v) is 16.7. The van der Waals surface area contributed by atoms with Gasteiger partial charge in [0.05, 0.1) is 13.7 Å². The Labute approximate surface area is 382 Å². The highest BCUT2D eigenvalue weighted by molar-refractivity contribution is 5.98. The molecule has 3 aromatic carbocycles. The average Bonchev–Trinajstić information content (AvgIpc) is 3.31. The van der Waals surface area contributed by atoms with Gasteiger partial charge in [0, 0.05) is 40.4 Å². The molecule has 2 fully saturated rings. The van der Waals surface area contributed by atoms with E-state index in [0.29, 0.717) is 22.4 Å². The van der Waals surface area contributed by atoms with Crippen LogP contribution in [0.5, 0.6) is 17.2 Å². The monoisotopic (exact) mass is 920 g/mol. The summed E-state index contributed by atoms with van der Waals surface area (Å²) in [4.78, 5) is 88.7. The van der Waals surface area contributed by atoms with Crippen LogP contribution in [0.15, 0.2) is 72.8 Å². The van der Waals surface area contributed by atoms with Crippen LogP contribution in [0.4, 0.5) is 0 Å². The van der Waals surface area contributed by atoms with Crippen molar-refractivity contribution in [2.75, 3.05) is 34.9 Å². The number of ether oxygens (including phenoxy) is 3. The average molecular weight is 921 g/mol. The molecule has 358 valence electrons. The maximum Gasteiger partial charge on any atom is 0.246 e. The number of aliphatic hydroxyl groups is 4. The maximum atomic E-state index is 14.8. The first-order valence-corrected chi connectivity index (χ1v) is 21.4. The molecule has 11 atom stereocenters. The van der Waals surface area contributed by atoms with Gasteiger partial charge in [-0.05, 0) is 73.9 Å². The van der Waals surface area contributed by atoms with E-state index in [1.807, 2.05) is 0 Å². The lowest BCUT2D eigenvalue weighted by Gasteiger charge is -2.39. The van der Waals surface area contributed by atoms with Gasteiger partial charge in [0.15, 0.2) is 0 Å². The van der Waals surface area contributed by atoms with Crippen molar-refractivity contribution in [2.24, 2.45) is 0 Å². The second kappa shape index (κ2) is 22.2. The van der Waals surface area contributed by atoms with Gasteiger partial charge in [0.1, 0.15) is 77.9 Å². The van der Waals surface area contributed by atoms with Crippen LogP contribution < -0.4 is 25.4 Å². The summed E-state index contributed by atoms with van der Waals surface area (Å²) in [5, 5.41) is 58.4. The number of hydrogen-bond acceptors (Lipinski definition) is 14. The molecule has 8 N–H and O–H groups in total. The zero-order valence-corrected chi connectivity index (χ0v) is 37.9. The Morgan fingerprint density at radius 2 is 0.955 bits per heavy atom. The van der Waals surface area contributed by atoms with Gasteiger partial charge in [-0.15, -0.1) is 0 Å². The number of nitrogens with one attached hydrogen (secondary N) is 3. The van der Waals surface area contributed by atoms with E-state index in [9.17, 15) is 54.3 Å². The molecule has 2 aliphatic heterocycles. The number of aromatic hydroxyl groups is 1. The SMILES string of the molecule is COc1ccc(C[C@H]2C(=O)N[C@@H](C)C(=O)N(C)[C@@H](Cc3ccc(O)cc3)C(=O)N(C)[C@@H](Cc3ccc(O[C@@H]4O[C@H](CO)[C@@H](O)[C@H](O)[C@H]4O)cc3)C(=O)N[C@H](C)C(=O)N[C@@H](C)C(=O)N2C)cc1. The van der Waals surface area contributed by atoms with Crippen molar-refractivity contribution < 1.29 is 68.5 Å². The van der Waals surface area contributed by atoms with E-state index < -0.39 is 109 Å². The maximum absolute atomic E-state index is 14.8. The number of aliphatic hydroxyl groups excluding tert-OH is 4. The summed E-state index contributed by atoms with van der Waals surface area (Å²) in [6, 6.07) is 11.5. The molecule has 6 amide bonds. The molecule has 5 rings (SSSR count). The van der Waals surface area contributed by atoms with Crippen LogP contribution in [0.2, 0.25) is 0 Å². The number of methoxy groups -OCH3 is 1. The van der Waals surface area contributed by atoms with Gasteiger partial charge < -0.3 is 70.4 Å². The molecule has 2 aliphatic rings. The smallest absolute Gasteiger partial charge is 0.246 e. The number of phenols is 1. The van der Waals surface area contributed by atoms with Crippen molar-refractivity contribution in [3.05, 3.63) is 89.5 Å². The van der Waals surface area contributed by atoms with Crippen molar-refractivity contribution in [1.29, 1.82) is 0 Å². The van der Waals surface area contributed by atoms with E-state index >= 15 is 0 Å². The Morgan fingerprint density at radius 3 is 1.44 bits per heavy atom. The fourth-order valence-electron chi connectivity index (χ4n) is 7.72. The van der Waals surface area contributed by atoms with Crippen LogP contribution in [0.25, 0.3) is 0 Å². The van der Waals surface area contributed by atoms with Gasteiger partial charge in [-0.2, -0.15) is 0 Å². The van der Waals surface area contributed by atoms with Crippen LogP contribution in [0, 0.1) is 0 Å². The van der Waals surface area contributed by atoms with Gasteiger partial charge in [-0.3, -0.25) is 28.8 Å². The lowest BCUT2D eigenvalue weighted by atomic mass is 9.99. The number of phenolic OH excluding ortho intramolecular Hbond substituents is 1. The zero-order chi connectivity index (χ0) is 48.6. The van der Waals surface area contributed by atoms with E-state index in [1.165, 1.54) is 83.1 Å². The predicted octanol–water partition coefficient (Wildman–Crippen LogP) is -1.38. The third-order valence-corrected chi connectivity index (χ3v) is 12.0. The molecule has 0 unspecified atom stereocenters. The van der Waals surface area contributed by atoms with Gasteiger partial charge in [-0.25, -0.2) is 0 Å². The van der Waals surface area contributed by atoms with E-state index in [1.54, 1.807) is 48.5 Å². The van der Waals surface area contributed by atoms with E-state index in [0.717, 1.165) is 4.90 Å². The summed E-state index contributed by atoms with van der Waals surface area (Å²) in [5.74, 6) is -3.48. The summed E-state index contributed by atoms with van der Waals surface area (Å²) in [6.45, 7) is 3.62. The molecule has 0 spiro atoms. The van der Waals surface area contributed by atoms with E-state index in [2.05, 4.69) is 16.0 Å². The molecule has 66 heavy (non-hydrogen) atoms. The summed E-state index contributed by atoms with van der Waals surface area (Å²) < 4.78 is 16.4. The van der Waals surface area contributed by atoms with Gasteiger partial charge in [0.2, 0.25) is 41.7 Å². The van der Waals surface area contributed by atoms with Crippen LogP contribution in [0.1, 0.15) is 37.5 Å². The Morgan fingerprint density at radius 1 is 0.545 bits per heavy atom. The minimum atomic E-state index is -1.67. The molecule has 20 nitrogen and oxygen atoms in total. The standard InChI is InChI=1S/C46H60N6O14/c1-24-40(58)48-25(2)43(61)50(4)33(20-28-10-16-31(64-7)17-11-28)42(60)49-26(3)44(62)52(6)35(22-27-8-14-30(54)15-9-27)45(63)51(5)34(41(59)47-24)21-29-12-18-32(19-13-29)65-46-39(57)38(56)37(55)36(23-53)66-46/h8-19,24-26,33-39,46,53-57H,20-23H2,1-7H3,(H,47,59)(H,48,58)(H,49,60)/t24-,25+,26+,33+,34+,35+,36-,37-,38+,39-,46-/m1/s1. The fraction of sp³-hybridized carbons (Fsp3) is 0.478. The molecule has 0 radical (unpaired) electrons. The number of likely N-dealkylation sites (N-methyl/N-ethyl adjacent to an activating group) is 3. The molecule has 0 aromatic heterocycles.